The average molecular weight is 316 g/mol. The number of hydrogen-bond donors (Lipinski definition) is 1. The fourth-order valence-corrected chi connectivity index (χ4v) is 2.75. The average Bonchev–Trinajstić information content (AvgIpc) is 2.54. The molecule has 1 N–H and O–H groups in total. The van der Waals surface area contributed by atoms with E-state index in [1.165, 1.54) is 11.8 Å². The van der Waals surface area contributed by atoms with Gasteiger partial charge in [0.15, 0.2) is 0 Å². The lowest BCUT2D eigenvalue weighted by molar-refractivity contribution is -0.120. The Morgan fingerprint density at radius 1 is 1.32 bits per heavy atom. The highest BCUT2D eigenvalue weighted by atomic mass is 32.2. The Morgan fingerprint density at radius 3 is 2.77 bits per heavy atom. The van der Waals surface area contributed by atoms with Gasteiger partial charge in [-0.25, -0.2) is 4.98 Å². The van der Waals surface area contributed by atoms with Gasteiger partial charge in [0.05, 0.1) is 17.4 Å². The highest BCUT2D eigenvalue weighted by Crippen LogP contribution is 2.22. The zero-order chi connectivity index (χ0) is 15.9. The maximum Gasteiger partial charge on any atom is 0.233 e. The lowest BCUT2D eigenvalue weighted by Gasteiger charge is -2.13. The van der Waals surface area contributed by atoms with Crippen LogP contribution in [0.15, 0.2) is 47.6 Å². The molecule has 0 bridgehead atoms. The molecule has 0 aliphatic heterocycles. The van der Waals surface area contributed by atoms with Crippen LogP contribution < -0.4 is 10.1 Å². The summed E-state index contributed by atoms with van der Waals surface area (Å²) in [6.07, 6.45) is 1.81. The lowest BCUT2D eigenvalue weighted by Crippen LogP contribution is -2.30. The Labute approximate surface area is 135 Å². The third kappa shape index (κ3) is 4.49. The number of amides is 1. The molecule has 1 aromatic heterocycles. The first kappa shape index (κ1) is 16.4. The highest BCUT2D eigenvalue weighted by molar-refractivity contribution is 8.00. The molecule has 0 saturated carbocycles. The zero-order valence-electron chi connectivity index (χ0n) is 13.0. The summed E-state index contributed by atoms with van der Waals surface area (Å²) in [5, 5.41) is 3.59. The summed E-state index contributed by atoms with van der Waals surface area (Å²) >= 11 is 1.45. The van der Waals surface area contributed by atoms with Gasteiger partial charge in [0.2, 0.25) is 5.91 Å². The standard InChI is InChI=1S/C17H20N2O2S/c1-12-8-9-16(18-10-12)22-13(2)17(20)19-11-14-6-4-5-7-15(14)21-3/h4-10,13H,11H2,1-3H3,(H,19,20). The summed E-state index contributed by atoms with van der Waals surface area (Å²) in [5.74, 6) is 0.765. The normalized spacial score (nSPS) is 11.8. The number of nitrogens with one attached hydrogen (secondary N) is 1. The maximum absolute atomic E-state index is 12.2. The Morgan fingerprint density at radius 2 is 2.09 bits per heavy atom. The van der Waals surface area contributed by atoms with E-state index in [0.717, 1.165) is 21.9 Å². The van der Waals surface area contributed by atoms with Crippen molar-refractivity contribution in [2.24, 2.45) is 0 Å². The molecule has 22 heavy (non-hydrogen) atoms. The van der Waals surface area contributed by atoms with E-state index in [0.29, 0.717) is 6.54 Å². The molecule has 1 amide bonds. The van der Waals surface area contributed by atoms with E-state index < -0.39 is 0 Å². The number of thioether (sulfide) groups is 1. The van der Waals surface area contributed by atoms with Gasteiger partial charge in [0.25, 0.3) is 0 Å². The monoisotopic (exact) mass is 316 g/mol. The number of pyridine rings is 1. The zero-order valence-corrected chi connectivity index (χ0v) is 13.8. The van der Waals surface area contributed by atoms with Crippen molar-refractivity contribution in [2.45, 2.75) is 30.7 Å². The number of rotatable bonds is 6. The van der Waals surface area contributed by atoms with Crippen molar-refractivity contribution < 1.29 is 9.53 Å². The number of methoxy groups -OCH3 is 1. The van der Waals surface area contributed by atoms with Crippen LogP contribution in [-0.2, 0) is 11.3 Å². The summed E-state index contributed by atoms with van der Waals surface area (Å²) < 4.78 is 5.28. The van der Waals surface area contributed by atoms with Crippen LogP contribution >= 0.6 is 11.8 Å². The van der Waals surface area contributed by atoms with Gasteiger partial charge in [0, 0.05) is 18.3 Å². The highest BCUT2D eigenvalue weighted by Gasteiger charge is 2.15. The smallest absolute Gasteiger partial charge is 0.233 e. The number of carbonyl (C=O) groups is 1. The van der Waals surface area contributed by atoms with Gasteiger partial charge in [-0.05, 0) is 31.5 Å². The minimum Gasteiger partial charge on any atom is -0.496 e. The first-order chi connectivity index (χ1) is 10.6. The number of ether oxygens (including phenoxy) is 1. The van der Waals surface area contributed by atoms with Crippen molar-refractivity contribution in [1.82, 2.24) is 10.3 Å². The molecule has 2 rings (SSSR count). The van der Waals surface area contributed by atoms with E-state index in [9.17, 15) is 4.79 Å². The van der Waals surface area contributed by atoms with Gasteiger partial charge in [-0.2, -0.15) is 0 Å². The van der Waals surface area contributed by atoms with E-state index >= 15 is 0 Å². The van der Waals surface area contributed by atoms with Gasteiger partial charge in [-0.1, -0.05) is 36.0 Å². The quantitative estimate of drug-likeness (QED) is 0.832. The molecular weight excluding hydrogens is 296 g/mol. The van der Waals surface area contributed by atoms with Crippen LogP contribution in [0.1, 0.15) is 18.1 Å². The molecule has 1 heterocycles. The minimum atomic E-state index is -0.204. The molecule has 0 fully saturated rings. The number of aromatic nitrogens is 1. The molecule has 1 aromatic carbocycles. The molecule has 5 heteroatoms. The largest absolute Gasteiger partial charge is 0.496 e. The van der Waals surface area contributed by atoms with Crippen molar-refractivity contribution in [3.8, 4) is 5.75 Å². The van der Waals surface area contributed by atoms with Crippen LogP contribution in [0.2, 0.25) is 0 Å². The predicted molar refractivity (Wildman–Crippen MR) is 89.1 cm³/mol. The third-order valence-corrected chi connectivity index (χ3v) is 4.25. The number of benzene rings is 1. The maximum atomic E-state index is 12.2. The van der Waals surface area contributed by atoms with Crippen LogP contribution in [-0.4, -0.2) is 23.3 Å². The molecule has 1 atom stereocenters. The van der Waals surface area contributed by atoms with Crippen molar-refractivity contribution in [3.05, 3.63) is 53.7 Å². The third-order valence-electron chi connectivity index (χ3n) is 3.20. The van der Waals surface area contributed by atoms with Gasteiger partial charge in [-0.3, -0.25) is 4.79 Å². The molecule has 116 valence electrons. The molecule has 4 nitrogen and oxygen atoms in total. The van der Waals surface area contributed by atoms with Crippen molar-refractivity contribution in [1.29, 1.82) is 0 Å². The molecular formula is C17H20N2O2S. The van der Waals surface area contributed by atoms with E-state index in [1.807, 2.05) is 56.4 Å². The fraction of sp³-hybridized carbons (Fsp3) is 0.294. The summed E-state index contributed by atoms with van der Waals surface area (Å²) in [6.45, 7) is 4.32. The molecule has 0 saturated heterocycles. The molecule has 1 unspecified atom stereocenters. The lowest BCUT2D eigenvalue weighted by atomic mass is 10.2. The Kier molecular flexibility index (Phi) is 5.83. The van der Waals surface area contributed by atoms with Gasteiger partial charge >= 0.3 is 0 Å². The molecule has 0 spiro atoms. The second-order valence-electron chi connectivity index (χ2n) is 4.96. The van der Waals surface area contributed by atoms with E-state index in [1.54, 1.807) is 7.11 Å². The fourth-order valence-electron chi connectivity index (χ4n) is 1.93. The van der Waals surface area contributed by atoms with E-state index in [4.69, 9.17) is 4.74 Å². The number of carbonyl (C=O) groups excluding carboxylic acids is 1. The molecule has 0 aliphatic rings. The van der Waals surface area contributed by atoms with Crippen LogP contribution in [0.25, 0.3) is 0 Å². The number of nitrogens with zero attached hydrogens (tertiary/aromatic N) is 1. The molecule has 0 radical (unpaired) electrons. The van der Waals surface area contributed by atoms with Crippen LogP contribution in [0.4, 0.5) is 0 Å². The molecule has 0 aliphatic carbocycles. The van der Waals surface area contributed by atoms with Crippen LogP contribution in [0.5, 0.6) is 5.75 Å². The Bertz CT molecular complexity index is 629. The topological polar surface area (TPSA) is 51.2 Å². The van der Waals surface area contributed by atoms with Crippen LogP contribution in [0.3, 0.4) is 0 Å². The van der Waals surface area contributed by atoms with Crippen molar-refractivity contribution >= 4 is 17.7 Å². The first-order valence-electron chi connectivity index (χ1n) is 7.09. The van der Waals surface area contributed by atoms with E-state index in [-0.39, 0.29) is 11.2 Å². The van der Waals surface area contributed by atoms with E-state index in [2.05, 4.69) is 10.3 Å². The SMILES string of the molecule is COc1ccccc1CNC(=O)C(C)Sc1ccc(C)cn1. The van der Waals surface area contributed by atoms with Gasteiger partial charge < -0.3 is 10.1 Å². The number of aryl methyl sites for hydroxylation is 1. The summed E-state index contributed by atoms with van der Waals surface area (Å²) in [4.78, 5) is 16.5. The predicted octanol–water partition coefficient (Wildman–Crippen LogP) is 3.20. The van der Waals surface area contributed by atoms with Gasteiger partial charge in [-0.15, -0.1) is 0 Å². The first-order valence-corrected chi connectivity index (χ1v) is 7.97. The number of hydrogen-bond acceptors (Lipinski definition) is 4. The summed E-state index contributed by atoms with van der Waals surface area (Å²) in [7, 11) is 1.63. The Hall–Kier alpha value is -2.01. The summed E-state index contributed by atoms with van der Waals surface area (Å²) in [6, 6.07) is 11.6. The summed E-state index contributed by atoms with van der Waals surface area (Å²) in [5.41, 5.74) is 2.07. The molecule has 2 aromatic rings. The number of para-hydroxylation sites is 1. The van der Waals surface area contributed by atoms with Crippen molar-refractivity contribution in [3.63, 3.8) is 0 Å². The minimum absolute atomic E-state index is 0.0155. The van der Waals surface area contributed by atoms with Gasteiger partial charge in [0.1, 0.15) is 5.75 Å². The Balaban J connectivity index is 1.90. The van der Waals surface area contributed by atoms with Crippen LogP contribution in [0, 0.1) is 6.92 Å². The second-order valence-corrected chi connectivity index (χ2v) is 6.32. The second kappa shape index (κ2) is 7.84. The van der Waals surface area contributed by atoms with Crippen molar-refractivity contribution in [2.75, 3.05) is 7.11 Å².